The molecule has 0 radical (unpaired) electrons. The number of hydrogen-bond donors (Lipinski definition) is 0. The molecule has 7 heteroatoms. The normalized spacial score (nSPS) is 6.77. The minimum atomic E-state index is -0.741. The molecule has 0 aliphatic carbocycles. The Morgan fingerprint density at radius 1 is 1.46 bits per heavy atom. The van der Waals surface area contributed by atoms with Gasteiger partial charge in [0.05, 0.1) is 12.2 Å². The van der Waals surface area contributed by atoms with Crippen LogP contribution in [-0.2, 0) is 34.8 Å². The van der Waals surface area contributed by atoms with Crippen LogP contribution in [0.25, 0.3) is 0 Å². The molecule has 0 bridgehead atoms. The van der Waals surface area contributed by atoms with Gasteiger partial charge in [-0.1, -0.05) is 0 Å². The first-order valence-corrected chi connectivity index (χ1v) is 3.60. The monoisotopic (exact) mass is 265 g/mol. The van der Waals surface area contributed by atoms with Crippen molar-refractivity contribution in [2.45, 2.75) is 6.92 Å². The maximum absolute atomic E-state index is 10.8. The molecular weight excluding hydrogens is 260 g/mol. The van der Waals surface area contributed by atoms with E-state index < -0.39 is 5.97 Å². The fourth-order valence-corrected chi connectivity index (χ4v) is 0.636. The van der Waals surface area contributed by atoms with Gasteiger partial charge in [0.1, 0.15) is 6.07 Å². The second-order valence-electron chi connectivity index (χ2n) is 1.49. The Labute approximate surface area is 174 Å². The summed E-state index contributed by atoms with van der Waals surface area (Å²) in [6.45, 7) is 1.85. The standard InChI is InChI=1S/C6H7NO2S2.2K/c1-2-9-5(8)4(3-7)6(10)11;;/h10-11H,2H2,1H3;;/q;2*+1/p-2. The van der Waals surface area contributed by atoms with E-state index in [0.717, 1.165) is 0 Å². The van der Waals surface area contributed by atoms with Crippen molar-refractivity contribution in [1.29, 1.82) is 5.26 Å². The molecule has 0 saturated carbocycles. The number of nitrogens with zero attached hydrogens (tertiary/aromatic N) is 1. The van der Waals surface area contributed by atoms with E-state index in [2.05, 4.69) is 30.0 Å². The van der Waals surface area contributed by atoms with Crippen molar-refractivity contribution in [3.8, 4) is 6.07 Å². The van der Waals surface area contributed by atoms with Gasteiger partial charge in [-0.25, -0.2) is 4.79 Å². The van der Waals surface area contributed by atoms with Crippen molar-refractivity contribution in [3.05, 3.63) is 9.81 Å². The van der Waals surface area contributed by atoms with Gasteiger partial charge in [-0.2, -0.15) is 5.26 Å². The van der Waals surface area contributed by atoms with E-state index in [1.54, 1.807) is 13.0 Å². The van der Waals surface area contributed by atoms with E-state index in [4.69, 9.17) is 5.26 Å². The first-order chi connectivity index (χ1) is 5.13. The molecule has 0 fully saturated rings. The predicted molar refractivity (Wildman–Crippen MR) is 44.0 cm³/mol. The van der Waals surface area contributed by atoms with Gasteiger partial charge in [-0.05, 0) is 6.92 Å². The molecule has 13 heavy (non-hydrogen) atoms. The molecule has 0 N–H and O–H groups in total. The Morgan fingerprint density at radius 2 is 1.92 bits per heavy atom. The molecule has 0 aromatic carbocycles. The average molecular weight is 265 g/mol. The second-order valence-corrected chi connectivity index (χ2v) is 2.57. The summed E-state index contributed by atoms with van der Waals surface area (Å²) in [6, 6.07) is 1.58. The molecule has 0 amide bonds. The number of carbonyl (C=O) groups is 1. The first-order valence-electron chi connectivity index (χ1n) is 2.79. The van der Waals surface area contributed by atoms with Crippen LogP contribution in [0.5, 0.6) is 0 Å². The topological polar surface area (TPSA) is 50.1 Å². The third kappa shape index (κ3) is 9.35. The van der Waals surface area contributed by atoms with E-state index in [-0.39, 0.29) is 119 Å². The Hall–Kier alpha value is 2.41. The van der Waals surface area contributed by atoms with Crippen molar-refractivity contribution in [1.82, 2.24) is 0 Å². The predicted octanol–water partition coefficient (Wildman–Crippen LogP) is -5.61. The third-order valence-electron chi connectivity index (χ3n) is 0.795. The van der Waals surface area contributed by atoms with Crippen LogP contribution < -0.4 is 103 Å². The van der Waals surface area contributed by atoms with Crippen molar-refractivity contribution in [2.24, 2.45) is 0 Å². The molecule has 0 aromatic rings. The number of ether oxygens (including phenoxy) is 1. The molecule has 0 aromatic heterocycles. The van der Waals surface area contributed by atoms with Gasteiger partial charge in [0.15, 0.2) is 0 Å². The zero-order valence-electron chi connectivity index (χ0n) is 7.79. The quantitative estimate of drug-likeness (QED) is 0.164. The first kappa shape index (κ1) is 20.8. The molecule has 0 aliphatic rings. The Bertz CT molecular complexity index is 233. The van der Waals surface area contributed by atoms with E-state index in [1.807, 2.05) is 0 Å². The van der Waals surface area contributed by atoms with Gasteiger partial charge >= 0.3 is 109 Å². The fourth-order valence-electron chi connectivity index (χ4n) is 0.378. The average Bonchev–Trinajstić information content (AvgIpc) is 1.88. The zero-order chi connectivity index (χ0) is 8.85. The van der Waals surface area contributed by atoms with Gasteiger partial charge in [-0.3, -0.25) is 0 Å². The summed E-state index contributed by atoms with van der Waals surface area (Å²) in [5, 5.41) is 8.35. The Morgan fingerprint density at radius 3 is 2.15 bits per heavy atom. The van der Waals surface area contributed by atoms with Crippen LogP contribution in [0.3, 0.4) is 0 Å². The van der Waals surface area contributed by atoms with Crippen LogP contribution in [0.15, 0.2) is 9.81 Å². The van der Waals surface area contributed by atoms with Gasteiger partial charge in [0.2, 0.25) is 0 Å². The van der Waals surface area contributed by atoms with Crippen molar-refractivity contribution in [3.63, 3.8) is 0 Å². The van der Waals surface area contributed by atoms with Crippen molar-refractivity contribution in [2.75, 3.05) is 6.61 Å². The molecule has 0 aliphatic heterocycles. The fraction of sp³-hybridized carbons (Fsp3) is 0.333. The SMILES string of the molecule is CCOC(=O)C(C#N)=C([S-])[S-].[K+].[K+]. The summed E-state index contributed by atoms with van der Waals surface area (Å²) in [5.41, 5.74) is -0.267. The smallest absolute Gasteiger partial charge is 0.806 e. The maximum atomic E-state index is 10.8. The van der Waals surface area contributed by atoms with E-state index in [9.17, 15) is 4.79 Å². The summed E-state index contributed by atoms with van der Waals surface area (Å²) in [6.07, 6.45) is 0. The number of carbonyl (C=O) groups excluding carboxylic acids is 1. The van der Waals surface area contributed by atoms with E-state index in [1.165, 1.54) is 0 Å². The number of rotatable bonds is 2. The Kier molecular flexibility index (Phi) is 20.0. The molecule has 0 atom stereocenters. The van der Waals surface area contributed by atoms with Gasteiger partial charge in [0.25, 0.3) is 0 Å². The molecule has 0 rings (SSSR count). The van der Waals surface area contributed by atoms with Crippen LogP contribution in [0.4, 0.5) is 0 Å². The summed E-state index contributed by atoms with van der Waals surface area (Å²) >= 11 is 8.92. The molecular formula is C6H5K2NO2S2. The molecule has 0 heterocycles. The maximum Gasteiger partial charge on any atom is 1.00 e. The van der Waals surface area contributed by atoms with E-state index >= 15 is 0 Å². The summed E-state index contributed by atoms with van der Waals surface area (Å²) < 4.78 is 4.36. The van der Waals surface area contributed by atoms with Crippen LogP contribution in [0.1, 0.15) is 6.92 Å². The minimum absolute atomic E-state index is 0. The number of nitriles is 1. The van der Waals surface area contributed by atoms with E-state index in [0.29, 0.717) is 0 Å². The zero-order valence-corrected chi connectivity index (χ0v) is 15.7. The van der Waals surface area contributed by atoms with Crippen LogP contribution in [-0.4, -0.2) is 12.6 Å². The van der Waals surface area contributed by atoms with Gasteiger partial charge in [-0.15, -0.1) is 0 Å². The van der Waals surface area contributed by atoms with Gasteiger partial charge < -0.3 is 34.2 Å². The molecule has 3 nitrogen and oxygen atoms in total. The summed E-state index contributed by atoms with van der Waals surface area (Å²) in [5.74, 6) is -0.741. The molecule has 0 unspecified atom stereocenters. The largest absolute Gasteiger partial charge is 1.00 e. The minimum Gasteiger partial charge on any atom is -0.806 e. The second kappa shape index (κ2) is 12.5. The van der Waals surface area contributed by atoms with Gasteiger partial charge in [0, 0.05) is 0 Å². The molecule has 0 saturated heterocycles. The number of esters is 1. The van der Waals surface area contributed by atoms with Crippen molar-refractivity contribution >= 4 is 31.2 Å². The Balaban J connectivity index is -0.000000500. The third-order valence-corrected chi connectivity index (χ3v) is 1.20. The van der Waals surface area contributed by atoms with Crippen LogP contribution in [0, 0.1) is 11.3 Å². The van der Waals surface area contributed by atoms with Crippen LogP contribution >= 0.6 is 0 Å². The summed E-state index contributed by atoms with van der Waals surface area (Å²) in [4.78, 5) is 10.8. The molecule has 60 valence electrons. The summed E-state index contributed by atoms with van der Waals surface area (Å²) in [7, 11) is 0. The van der Waals surface area contributed by atoms with Crippen molar-refractivity contribution < 1.29 is 112 Å². The van der Waals surface area contributed by atoms with Crippen LogP contribution in [0.2, 0.25) is 0 Å². The molecule has 0 spiro atoms. The number of hydrogen-bond acceptors (Lipinski definition) is 5.